The van der Waals surface area contributed by atoms with Crippen molar-refractivity contribution in [2.24, 2.45) is 5.73 Å². The number of nitrogens with zero attached hydrogens (tertiary/aromatic N) is 2. The second-order valence-electron chi connectivity index (χ2n) is 7.12. The number of ether oxygens (including phenoxy) is 1. The molecule has 1 fully saturated rings. The Morgan fingerprint density at radius 1 is 1.29 bits per heavy atom. The van der Waals surface area contributed by atoms with Gasteiger partial charge in [-0.15, -0.1) is 0 Å². The first-order valence-corrected chi connectivity index (χ1v) is 8.30. The fourth-order valence-electron chi connectivity index (χ4n) is 3.29. The van der Waals surface area contributed by atoms with Crippen LogP contribution in [0.1, 0.15) is 50.9 Å². The summed E-state index contributed by atoms with van der Waals surface area (Å²) in [5.74, 6) is 0.815. The Kier molecular flexibility index (Phi) is 4.44. The minimum absolute atomic E-state index is 0.119. The van der Waals surface area contributed by atoms with Crippen LogP contribution in [0.4, 0.5) is 4.39 Å². The van der Waals surface area contributed by atoms with Gasteiger partial charge in [0.15, 0.2) is 5.82 Å². The average molecular weight is 333 g/mol. The van der Waals surface area contributed by atoms with Gasteiger partial charge in [-0.1, -0.05) is 17.3 Å². The number of rotatable bonds is 4. The third kappa shape index (κ3) is 2.84. The molecule has 1 aliphatic rings. The lowest BCUT2D eigenvalue weighted by atomic mass is 9.74. The van der Waals surface area contributed by atoms with Crippen LogP contribution >= 0.6 is 0 Å². The van der Waals surface area contributed by atoms with E-state index < -0.39 is 5.41 Å². The highest BCUT2D eigenvalue weighted by molar-refractivity contribution is 5.31. The van der Waals surface area contributed by atoms with Crippen LogP contribution in [0.3, 0.4) is 0 Å². The topological polar surface area (TPSA) is 74.2 Å². The second-order valence-corrected chi connectivity index (χ2v) is 7.12. The van der Waals surface area contributed by atoms with E-state index >= 15 is 0 Å². The lowest BCUT2D eigenvalue weighted by Gasteiger charge is -2.37. The molecule has 2 heterocycles. The van der Waals surface area contributed by atoms with Gasteiger partial charge < -0.3 is 15.0 Å². The summed E-state index contributed by atoms with van der Waals surface area (Å²) in [6.07, 6.45) is 1.51. The second kappa shape index (κ2) is 6.26. The molecule has 6 heteroatoms. The van der Waals surface area contributed by atoms with Crippen LogP contribution in [-0.2, 0) is 15.6 Å². The summed E-state index contributed by atoms with van der Waals surface area (Å²) in [4.78, 5) is 4.67. The van der Waals surface area contributed by atoms with E-state index in [9.17, 15) is 4.39 Å². The van der Waals surface area contributed by atoms with Gasteiger partial charge in [-0.25, -0.2) is 4.39 Å². The number of halogens is 1. The van der Waals surface area contributed by atoms with Crippen molar-refractivity contribution in [1.29, 1.82) is 0 Å². The molecule has 0 saturated carbocycles. The van der Waals surface area contributed by atoms with Gasteiger partial charge >= 0.3 is 0 Å². The Morgan fingerprint density at radius 3 is 2.62 bits per heavy atom. The fourth-order valence-corrected chi connectivity index (χ4v) is 3.29. The van der Waals surface area contributed by atoms with Crippen molar-refractivity contribution in [2.75, 3.05) is 13.2 Å². The standard InChI is InChI=1S/C18H24FN3O2/c1-12(20)18(7-9-23-10-8-18)16-21-15(22-24-16)17(2,3)13-5-4-6-14(19)11-13/h4-6,11-12H,7-10,20H2,1-3H3. The normalized spacial score (nSPS) is 19.2. The Hall–Kier alpha value is -1.79. The van der Waals surface area contributed by atoms with Crippen LogP contribution in [-0.4, -0.2) is 29.4 Å². The third-order valence-corrected chi connectivity index (χ3v) is 5.21. The van der Waals surface area contributed by atoms with Crippen molar-refractivity contribution in [1.82, 2.24) is 10.1 Å². The monoisotopic (exact) mass is 333 g/mol. The van der Waals surface area contributed by atoms with Gasteiger partial charge in [-0.2, -0.15) is 4.98 Å². The summed E-state index contributed by atoms with van der Waals surface area (Å²) in [5.41, 5.74) is 6.13. The number of hydrogen-bond acceptors (Lipinski definition) is 5. The maximum atomic E-state index is 13.6. The van der Waals surface area contributed by atoms with Crippen LogP contribution < -0.4 is 5.73 Å². The van der Waals surface area contributed by atoms with Crippen molar-refractivity contribution in [3.05, 3.63) is 47.4 Å². The van der Waals surface area contributed by atoms with Gasteiger partial charge in [0.25, 0.3) is 0 Å². The maximum Gasteiger partial charge on any atom is 0.234 e. The molecule has 5 nitrogen and oxygen atoms in total. The molecule has 0 radical (unpaired) electrons. The predicted octanol–water partition coefficient (Wildman–Crippen LogP) is 2.93. The smallest absolute Gasteiger partial charge is 0.234 e. The van der Waals surface area contributed by atoms with Crippen molar-refractivity contribution < 1.29 is 13.7 Å². The largest absolute Gasteiger partial charge is 0.381 e. The van der Waals surface area contributed by atoms with E-state index in [1.54, 1.807) is 6.07 Å². The van der Waals surface area contributed by atoms with E-state index in [1.807, 2.05) is 26.8 Å². The van der Waals surface area contributed by atoms with E-state index in [4.69, 9.17) is 15.0 Å². The lowest BCUT2D eigenvalue weighted by molar-refractivity contribution is 0.0290. The van der Waals surface area contributed by atoms with Crippen molar-refractivity contribution >= 4 is 0 Å². The fraction of sp³-hybridized carbons (Fsp3) is 0.556. The average Bonchev–Trinajstić information content (AvgIpc) is 3.06. The zero-order valence-corrected chi connectivity index (χ0v) is 14.4. The molecule has 0 amide bonds. The highest BCUT2D eigenvalue weighted by Gasteiger charge is 2.44. The third-order valence-electron chi connectivity index (χ3n) is 5.21. The highest BCUT2D eigenvalue weighted by atomic mass is 19.1. The molecule has 3 rings (SSSR count). The Bertz CT molecular complexity index is 706. The van der Waals surface area contributed by atoms with Gasteiger partial charge in [0.05, 0.1) is 10.8 Å². The van der Waals surface area contributed by atoms with Crippen LogP contribution in [0.25, 0.3) is 0 Å². The zero-order chi connectivity index (χ0) is 17.4. The van der Waals surface area contributed by atoms with Gasteiger partial charge in [0, 0.05) is 19.3 Å². The van der Waals surface area contributed by atoms with E-state index in [-0.39, 0.29) is 17.3 Å². The minimum atomic E-state index is -0.561. The van der Waals surface area contributed by atoms with E-state index in [0.29, 0.717) is 24.9 Å². The number of benzene rings is 1. The van der Waals surface area contributed by atoms with Gasteiger partial charge in [0.1, 0.15) is 5.82 Å². The minimum Gasteiger partial charge on any atom is -0.381 e. The quantitative estimate of drug-likeness (QED) is 0.931. The van der Waals surface area contributed by atoms with E-state index in [1.165, 1.54) is 12.1 Å². The highest BCUT2D eigenvalue weighted by Crippen LogP contribution is 2.38. The molecule has 1 aromatic carbocycles. The van der Waals surface area contributed by atoms with E-state index in [0.717, 1.165) is 18.4 Å². The number of nitrogens with two attached hydrogens (primary N) is 1. The predicted molar refractivity (Wildman–Crippen MR) is 88.2 cm³/mol. The molecule has 1 saturated heterocycles. The SMILES string of the molecule is CC(N)C1(c2nc(C(C)(C)c3cccc(F)c3)no2)CCOCC1. The van der Waals surface area contributed by atoms with Crippen molar-refractivity contribution in [3.63, 3.8) is 0 Å². The summed E-state index contributed by atoms with van der Waals surface area (Å²) in [7, 11) is 0. The van der Waals surface area contributed by atoms with Gasteiger partial charge in [-0.3, -0.25) is 0 Å². The molecule has 2 N–H and O–H groups in total. The summed E-state index contributed by atoms with van der Waals surface area (Å²) in [5, 5.41) is 4.19. The Morgan fingerprint density at radius 2 is 2.00 bits per heavy atom. The summed E-state index contributed by atoms with van der Waals surface area (Å²) in [6.45, 7) is 7.14. The molecule has 0 aliphatic carbocycles. The maximum absolute atomic E-state index is 13.6. The summed E-state index contributed by atoms with van der Waals surface area (Å²) in [6, 6.07) is 6.37. The Balaban J connectivity index is 1.97. The molecule has 1 aliphatic heterocycles. The van der Waals surface area contributed by atoms with Gasteiger partial charge in [-0.05, 0) is 51.3 Å². The lowest BCUT2D eigenvalue weighted by Crippen LogP contribution is -2.47. The first kappa shape index (κ1) is 17.0. The number of aromatic nitrogens is 2. The van der Waals surface area contributed by atoms with E-state index in [2.05, 4.69) is 10.1 Å². The van der Waals surface area contributed by atoms with Crippen LogP contribution in [0.2, 0.25) is 0 Å². The summed E-state index contributed by atoms with van der Waals surface area (Å²) >= 11 is 0. The Labute approximate surface area is 141 Å². The molecule has 1 unspecified atom stereocenters. The molecule has 130 valence electrons. The molecule has 1 atom stereocenters. The molecule has 0 bridgehead atoms. The van der Waals surface area contributed by atoms with Gasteiger partial charge in [0.2, 0.25) is 5.89 Å². The number of hydrogen-bond donors (Lipinski definition) is 1. The zero-order valence-electron chi connectivity index (χ0n) is 14.4. The first-order chi connectivity index (χ1) is 11.4. The molecular formula is C18H24FN3O2. The van der Waals surface area contributed by atoms with Crippen molar-refractivity contribution in [3.8, 4) is 0 Å². The summed E-state index contributed by atoms with van der Waals surface area (Å²) < 4.78 is 24.7. The molecule has 1 aromatic heterocycles. The molecular weight excluding hydrogens is 309 g/mol. The van der Waals surface area contributed by atoms with Crippen LogP contribution in [0.5, 0.6) is 0 Å². The molecule has 0 spiro atoms. The van der Waals surface area contributed by atoms with Crippen molar-refractivity contribution in [2.45, 2.75) is 50.5 Å². The van der Waals surface area contributed by atoms with Crippen LogP contribution in [0, 0.1) is 5.82 Å². The van der Waals surface area contributed by atoms with Crippen LogP contribution in [0.15, 0.2) is 28.8 Å². The molecule has 2 aromatic rings. The first-order valence-electron chi connectivity index (χ1n) is 8.30. The molecule has 24 heavy (non-hydrogen) atoms.